The van der Waals surface area contributed by atoms with Gasteiger partial charge in [-0.15, -0.1) is 0 Å². The average molecular weight is 234 g/mol. The van der Waals surface area contributed by atoms with Crippen LogP contribution in [-0.4, -0.2) is 25.1 Å². The van der Waals surface area contributed by atoms with Gasteiger partial charge in [0.15, 0.2) is 0 Å². The van der Waals surface area contributed by atoms with Crippen molar-refractivity contribution in [3.63, 3.8) is 0 Å². The van der Waals surface area contributed by atoms with E-state index < -0.39 is 6.29 Å². The maximum atomic E-state index is 10.9. The van der Waals surface area contributed by atoms with Gasteiger partial charge in [-0.1, -0.05) is 32.6 Å². The number of esters is 1. The Morgan fingerprint density at radius 1 is 1.27 bits per heavy atom. The summed E-state index contributed by atoms with van der Waals surface area (Å²) in [7, 11) is 1.56. The second-order valence-corrected chi connectivity index (χ2v) is 3.83. The first kappa shape index (κ1) is 14.8. The highest BCUT2D eigenvalue weighted by Crippen LogP contribution is 2.10. The zero-order chi connectivity index (χ0) is 11.5. The lowest BCUT2D eigenvalue weighted by molar-refractivity contribution is -0.171. The largest absolute Gasteiger partial charge is 0.435 e. The molecule has 4 heteroatoms. The fourth-order valence-corrected chi connectivity index (χ4v) is 1.40. The van der Waals surface area contributed by atoms with Crippen molar-refractivity contribution in [1.82, 2.24) is 0 Å². The first-order valence-corrected chi connectivity index (χ1v) is 6.21. The van der Waals surface area contributed by atoms with E-state index in [1.54, 1.807) is 7.11 Å². The van der Waals surface area contributed by atoms with Crippen LogP contribution >= 0.6 is 12.6 Å². The molecule has 15 heavy (non-hydrogen) atoms. The van der Waals surface area contributed by atoms with Gasteiger partial charge in [-0.05, 0) is 6.42 Å². The third-order valence-electron chi connectivity index (χ3n) is 2.20. The summed E-state index contributed by atoms with van der Waals surface area (Å²) in [6.07, 6.45) is 6.35. The van der Waals surface area contributed by atoms with Crippen molar-refractivity contribution >= 4 is 18.6 Å². The van der Waals surface area contributed by atoms with E-state index in [9.17, 15) is 4.79 Å². The number of carbonyl (C=O) groups is 1. The van der Waals surface area contributed by atoms with Crippen LogP contribution in [0.2, 0.25) is 0 Å². The van der Waals surface area contributed by atoms with Crippen molar-refractivity contribution in [2.75, 3.05) is 12.9 Å². The van der Waals surface area contributed by atoms with E-state index in [1.807, 2.05) is 0 Å². The summed E-state index contributed by atoms with van der Waals surface area (Å²) in [5, 5.41) is 0. The van der Waals surface area contributed by atoms with Crippen LogP contribution in [0.3, 0.4) is 0 Å². The summed E-state index contributed by atoms with van der Waals surface area (Å²) in [5.74, 6) is -0.214. The molecule has 0 fully saturated rings. The van der Waals surface area contributed by atoms with Crippen LogP contribution < -0.4 is 0 Å². The Bertz CT molecular complexity index is 162. The quantitative estimate of drug-likeness (QED) is 0.288. The minimum atomic E-state index is -0.397. The number of thiol groups is 1. The minimum absolute atomic E-state index is 0.107. The van der Waals surface area contributed by atoms with Gasteiger partial charge in [0, 0.05) is 13.5 Å². The Kier molecular flexibility index (Phi) is 10.2. The maximum Gasteiger partial charge on any atom is 0.317 e. The second-order valence-electron chi connectivity index (χ2n) is 3.52. The fourth-order valence-electron chi connectivity index (χ4n) is 1.32. The van der Waals surface area contributed by atoms with Crippen LogP contribution in [0.4, 0.5) is 0 Å². The van der Waals surface area contributed by atoms with Gasteiger partial charge < -0.3 is 9.47 Å². The van der Waals surface area contributed by atoms with Gasteiger partial charge in [-0.3, -0.25) is 4.79 Å². The Balaban J connectivity index is 3.48. The summed E-state index contributed by atoms with van der Waals surface area (Å²) < 4.78 is 10.1. The van der Waals surface area contributed by atoms with Gasteiger partial charge in [0.05, 0.1) is 5.75 Å². The molecule has 0 saturated carbocycles. The lowest BCUT2D eigenvalue weighted by atomic mass is 10.1. The van der Waals surface area contributed by atoms with Crippen molar-refractivity contribution in [3.05, 3.63) is 0 Å². The van der Waals surface area contributed by atoms with Gasteiger partial charge in [0.25, 0.3) is 0 Å². The molecule has 0 aromatic heterocycles. The molecule has 1 atom stereocenters. The molecule has 0 N–H and O–H groups in total. The van der Waals surface area contributed by atoms with Crippen molar-refractivity contribution in [1.29, 1.82) is 0 Å². The van der Waals surface area contributed by atoms with Crippen molar-refractivity contribution in [2.24, 2.45) is 0 Å². The Morgan fingerprint density at radius 3 is 2.47 bits per heavy atom. The zero-order valence-electron chi connectivity index (χ0n) is 9.70. The molecule has 0 aliphatic heterocycles. The van der Waals surface area contributed by atoms with E-state index >= 15 is 0 Å². The molecule has 0 aliphatic rings. The Hall–Kier alpha value is -0.220. The molecule has 0 rings (SSSR count). The highest BCUT2D eigenvalue weighted by Gasteiger charge is 2.11. The van der Waals surface area contributed by atoms with Gasteiger partial charge in [0.2, 0.25) is 6.29 Å². The van der Waals surface area contributed by atoms with E-state index in [-0.39, 0.29) is 11.7 Å². The second kappa shape index (κ2) is 10.3. The molecule has 0 aromatic carbocycles. The van der Waals surface area contributed by atoms with Gasteiger partial charge in [-0.2, -0.15) is 12.6 Å². The highest BCUT2D eigenvalue weighted by atomic mass is 32.1. The van der Waals surface area contributed by atoms with E-state index in [4.69, 9.17) is 9.47 Å². The van der Waals surface area contributed by atoms with Crippen LogP contribution in [0.15, 0.2) is 0 Å². The van der Waals surface area contributed by atoms with Crippen LogP contribution in [-0.2, 0) is 14.3 Å². The number of methoxy groups -OCH3 is 1. The monoisotopic (exact) mass is 234 g/mol. The number of rotatable bonds is 9. The molecular weight excluding hydrogens is 212 g/mol. The molecule has 0 radical (unpaired) electrons. The number of ether oxygens (including phenoxy) is 2. The lowest BCUT2D eigenvalue weighted by Gasteiger charge is -2.15. The third-order valence-corrected chi connectivity index (χ3v) is 2.46. The molecule has 0 heterocycles. The van der Waals surface area contributed by atoms with Crippen LogP contribution in [0, 0.1) is 0 Å². The topological polar surface area (TPSA) is 35.5 Å². The Labute approximate surface area is 97.9 Å². The van der Waals surface area contributed by atoms with Crippen molar-refractivity contribution < 1.29 is 14.3 Å². The average Bonchev–Trinajstić information content (AvgIpc) is 2.26. The first-order chi connectivity index (χ1) is 7.24. The summed E-state index contributed by atoms with van der Waals surface area (Å²) >= 11 is 3.84. The third kappa shape index (κ3) is 8.75. The molecule has 0 spiro atoms. The predicted molar refractivity (Wildman–Crippen MR) is 64.1 cm³/mol. The van der Waals surface area contributed by atoms with Crippen LogP contribution in [0.25, 0.3) is 0 Å². The van der Waals surface area contributed by atoms with E-state index in [0.717, 1.165) is 12.8 Å². The number of hydrogen-bond donors (Lipinski definition) is 1. The van der Waals surface area contributed by atoms with Gasteiger partial charge in [0.1, 0.15) is 0 Å². The molecule has 0 amide bonds. The molecule has 1 unspecified atom stereocenters. The van der Waals surface area contributed by atoms with E-state index in [1.165, 1.54) is 25.7 Å². The summed E-state index contributed by atoms with van der Waals surface area (Å²) in [5.41, 5.74) is 0. The molecule has 0 aliphatic carbocycles. The standard InChI is InChI=1S/C11H22O3S/c1-3-4-5-6-7-8-11(13-2)14-10(12)9-15/h11,15H,3-9H2,1-2H3. The lowest BCUT2D eigenvalue weighted by Crippen LogP contribution is -2.20. The van der Waals surface area contributed by atoms with Crippen molar-refractivity contribution in [3.8, 4) is 0 Å². The molecular formula is C11H22O3S. The van der Waals surface area contributed by atoms with Crippen molar-refractivity contribution in [2.45, 2.75) is 51.7 Å². The zero-order valence-corrected chi connectivity index (χ0v) is 10.6. The molecule has 90 valence electrons. The van der Waals surface area contributed by atoms with Crippen LogP contribution in [0.5, 0.6) is 0 Å². The van der Waals surface area contributed by atoms with E-state index in [2.05, 4.69) is 19.6 Å². The summed E-state index contributed by atoms with van der Waals surface area (Å²) in [6.45, 7) is 2.19. The van der Waals surface area contributed by atoms with E-state index in [0.29, 0.717) is 0 Å². The molecule has 3 nitrogen and oxygen atoms in total. The van der Waals surface area contributed by atoms with Gasteiger partial charge >= 0.3 is 5.97 Å². The fraction of sp³-hybridized carbons (Fsp3) is 0.909. The number of hydrogen-bond acceptors (Lipinski definition) is 4. The van der Waals surface area contributed by atoms with Crippen LogP contribution in [0.1, 0.15) is 45.4 Å². The highest BCUT2D eigenvalue weighted by molar-refractivity contribution is 7.81. The summed E-state index contributed by atoms with van der Waals surface area (Å²) in [6, 6.07) is 0. The first-order valence-electron chi connectivity index (χ1n) is 5.57. The summed E-state index contributed by atoms with van der Waals surface area (Å²) in [4.78, 5) is 10.9. The predicted octanol–water partition coefficient (Wildman–Crippen LogP) is 2.79. The normalized spacial score (nSPS) is 12.5. The Morgan fingerprint density at radius 2 is 1.93 bits per heavy atom. The molecule has 0 aromatic rings. The van der Waals surface area contributed by atoms with Gasteiger partial charge in [-0.25, -0.2) is 0 Å². The smallest absolute Gasteiger partial charge is 0.317 e. The number of unbranched alkanes of at least 4 members (excludes halogenated alkanes) is 4. The SMILES string of the molecule is CCCCCCCC(OC)OC(=O)CS. The number of carbonyl (C=O) groups excluding carboxylic acids is 1. The minimum Gasteiger partial charge on any atom is -0.435 e. The molecule has 0 bridgehead atoms. The maximum absolute atomic E-state index is 10.9. The molecule has 0 saturated heterocycles.